The molecule has 0 radical (unpaired) electrons. The Morgan fingerprint density at radius 1 is 0.931 bits per heavy atom. The highest BCUT2D eigenvalue weighted by Gasteiger charge is 2.51. The van der Waals surface area contributed by atoms with Crippen molar-refractivity contribution in [3.05, 3.63) is 96.1 Å². The topological polar surface area (TPSA) is 64.3 Å². The van der Waals surface area contributed by atoms with Crippen LogP contribution in [0.3, 0.4) is 0 Å². The van der Waals surface area contributed by atoms with Crippen LogP contribution in [0.15, 0.2) is 84.9 Å². The Labute approximate surface area is 170 Å². The van der Waals surface area contributed by atoms with E-state index in [2.05, 4.69) is 6.07 Å². The maximum Gasteiger partial charge on any atom is 0.228 e. The number of likely N-dealkylation sites (tertiary alicyclic amines) is 1. The van der Waals surface area contributed by atoms with Crippen molar-refractivity contribution in [1.29, 1.82) is 5.26 Å². The third kappa shape index (κ3) is 3.53. The summed E-state index contributed by atoms with van der Waals surface area (Å²) in [6.07, 6.45) is 0.225. The van der Waals surface area contributed by atoms with Gasteiger partial charge in [0.25, 0.3) is 0 Å². The van der Waals surface area contributed by atoms with Gasteiger partial charge in [-0.2, -0.15) is 5.26 Å². The molecule has 3 aromatic carbocycles. The fraction of sp³-hybridized carbons (Fsp3) is 0.200. The molecule has 4 nitrogen and oxygen atoms in total. The third-order valence-corrected chi connectivity index (χ3v) is 5.62. The van der Waals surface area contributed by atoms with E-state index < -0.39 is 12.1 Å². The number of carbonyl (C=O) groups excluding carboxylic acids is 1. The molecular formula is C25H22N2O2. The van der Waals surface area contributed by atoms with E-state index in [0.29, 0.717) is 0 Å². The van der Waals surface area contributed by atoms with Gasteiger partial charge in [0.15, 0.2) is 0 Å². The third-order valence-electron chi connectivity index (χ3n) is 5.62. The van der Waals surface area contributed by atoms with Gasteiger partial charge in [0.2, 0.25) is 5.91 Å². The van der Waals surface area contributed by atoms with Crippen LogP contribution in [0.25, 0.3) is 11.1 Å². The summed E-state index contributed by atoms with van der Waals surface area (Å²) in [4.78, 5) is 14.5. The van der Waals surface area contributed by atoms with E-state index >= 15 is 0 Å². The quantitative estimate of drug-likeness (QED) is 0.730. The first-order chi connectivity index (χ1) is 14.2. The molecule has 144 valence electrons. The average Bonchev–Trinajstić information content (AvgIpc) is 2.75. The van der Waals surface area contributed by atoms with Gasteiger partial charge in [0.1, 0.15) is 6.04 Å². The van der Waals surface area contributed by atoms with Crippen molar-refractivity contribution in [2.45, 2.75) is 24.4 Å². The van der Waals surface area contributed by atoms with Crippen molar-refractivity contribution >= 4 is 5.91 Å². The number of rotatable bonds is 5. The van der Waals surface area contributed by atoms with Crippen LogP contribution in [0.5, 0.6) is 0 Å². The lowest BCUT2D eigenvalue weighted by Gasteiger charge is -2.52. The molecule has 3 aromatic rings. The molecule has 1 aliphatic rings. The summed E-state index contributed by atoms with van der Waals surface area (Å²) in [5.74, 6) is -0.351. The van der Waals surface area contributed by atoms with Crippen molar-refractivity contribution in [1.82, 2.24) is 4.90 Å². The zero-order valence-electron chi connectivity index (χ0n) is 16.0. The van der Waals surface area contributed by atoms with Crippen LogP contribution in [0.2, 0.25) is 0 Å². The molecule has 4 heteroatoms. The van der Waals surface area contributed by atoms with E-state index in [-0.39, 0.29) is 24.9 Å². The molecule has 0 spiro atoms. The number of aliphatic hydroxyl groups excluding tert-OH is 1. The van der Waals surface area contributed by atoms with Gasteiger partial charge in [0, 0.05) is 5.92 Å². The molecule has 0 unspecified atom stereocenters. The summed E-state index contributed by atoms with van der Waals surface area (Å²) in [6, 6.07) is 28.7. The molecule has 1 fully saturated rings. The van der Waals surface area contributed by atoms with Crippen molar-refractivity contribution in [3.63, 3.8) is 0 Å². The van der Waals surface area contributed by atoms with Gasteiger partial charge in [-0.15, -0.1) is 0 Å². The zero-order valence-corrected chi connectivity index (χ0v) is 16.0. The average molecular weight is 382 g/mol. The van der Waals surface area contributed by atoms with Crippen LogP contribution in [0, 0.1) is 11.3 Å². The molecule has 4 rings (SSSR count). The smallest absolute Gasteiger partial charge is 0.228 e. The second-order valence-corrected chi connectivity index (χ2v) is 7.27. The molecule has 1 heterocycles. The lowest BCUT2D eigenvalue weighted by Crippen LogP contribution is -2.65. The van der Waals surface area contributed by atoms with Crippen LogP contribution < -0.4 is 0 Å². The summed E-state index contributed by atoms with van der Waals surface area (Å²) >= 11 is 0. The Bertz CT molecular complexity index is 1030. The lowest BCUT2D eigenvalue weighted by molar-refractivity contribution is -0.146. The minimum Gasteiger partial charge on any atom is -0.394 e. The van der Waals surface area contributed by atoms with E-state index in [1.165, 1.54) is 0 Å². The summed E-state index contributed by atoms with van der Waals surface area (Å²) in [5, 5.41) is 19.9. The fourth-order valence-electron chi connectivity index (χ4n) is 4.25. The minimum absolute atomic E-state index is 0.129. The highest BCUT2D eigenvalue weighted by atomic mass is 16.3. The molecule has 1 amide bonds. The predicted molar refractivity (Wildman–Crippen MR) is 112 cm³/mol. The van der Waals surface area contributed by atoms with Crippen LogP contribution in [-0.4, -0.2) is 34.6 Å². The number of carbonyl (C=O) groups is 1. The highest BCUT2D eigenvalue weighted by molar-refractivity contribution is 5.82. The molecule has 0 aliphatic carbocycles. The molecule has 0 bridgehead atoms. The predicted octanol–water partition coefficient (Wildman–Crippen LogP) is 3.78. The van der Waals surface area contributed by atoms with E-state index in [1.807, 2.05) is 84.9 Å². The molecule has 0 aromatic heterocycles. The molecule has 29 heavy (non-hydrogen) atoms. The number of nitrogens with zero attached hydrogens (tertiary/aromatic N) is 2. The summed E-state index contributed by atoms with van der Waals surface area (Å²) in [7, 11) is 0. The number of hydrogen-bond donors (Lipinski definition) is 1. The van der Waals surface area contributed by atoms with Gasteiger partial charge in [-0.1, -0.05) is 84.9 Å². The first-order valence-electron chi connectivity index (χ1n) is 9.74. The Hall–Kier alpha value is -3.42. The standard InChI is InChI=1S/C25H22N2O2/c26-16-22-25(21-14-8-7-13-20(21)19-11-5-2-6-12-19)23(17-28)27(22)24(29)15-18-9-3-1-4-10-18/h1-14,22-23,25,28H,15,17H2/t22-,23-,25+/m1/s1. The Morgan fingerprint density at radius 2 is 1.55 bits per heavy atom. The van der Waals surface area contributed by atoms with Crippen LogP contribution in [0.1, 0.15) is 17.0 Å². The highest BCUT2D eigenvalue weighted by Crippen LogP contribution is 2.44. The lowest BCUT2D eigenvalue weighted by atomic mass is 9.73. The van der Waals surface area contributed by atoms with Crippen molar-refractivity contribution in [2.75, 3.05) is 6.61 Å². The van der Waals surface area contributed by atoms with E-state index in [0.717, 1.165) is 22.3 Å². The summed E-state index contributed by atoms with van der Waals surface area (Å²) in [5.41, 5.74) is 3.99. The van der Waals surface area contributed by atoms with Gasteiger partial charge in [-0.05, 0) is 22.3 Å². The molecule has 0 saturated carbocycles. The normalized spacial score (nSPS) is 20.6. The molecular weight excluding hydrogens is 360 g/mol. The van der Waals surface area contributed by atoms with Gasteiger partial charge < -0.3 is 10.0 Å². The SMILES string of the molecule is N#C[C@@H]1[C@H](c2ccccc2-c2ccccc2)[C@@H](CO)N1C(=O)Cc1ccccc1. The number of amides is 1. The Morgan fingerprint density at radius 3 is 2.21 bits per heavy atom. The largest absolute Gasteiger partial charge is 0.394 e. The van der Waals surface area contributed by atoms with Gasteiger partial charge in [0.05, 0.1) is 25.1 Å². The minimum atomic E-state index is -0.590. The molecule has 3 atom stereocenters. The maximum absolute atomic E-state index is 12.9. The second-order valence-electron chi connectivity index (χ2n) is 7.27. The Balaban J connectivity index is 1.65. The first-order valence-corrected chi connectivity index (χ1v) is 9.74. The Kier molecular flexibility index (Phi) is 5.41. The maximum atomic E-state index is 12.9. The van der Waals surface area contributed by atoms with Crippen LogP contribution in [-0.2, 0) is 11.2 Å². The number of benzene rings is 3. The van der Waals surface area contributed by atoms with Crippen LogP contribution >= 0.6 is 0 Å². The monoisotopic (exact) mass is 382 g/mol. The second kappa shape index (κ2) is 8.30. The fourth-order valence-corrected chi connectivity index (χ4v) is 4.25. The zero-order chi connectivity index (χ0) is 20.2. The van der Waals surface area contributed by atoms with Gasteiger partial charge >= 0.3 is 0 Å². The number of hydrogen-bond acceptors (Lipinski definition) is 3. The van der Waals surface area contributed by atoms with Crippen molar-refractivity contribution < 1.29 is 9.90 Å². The van der Waals surface area contributed by atoms with E-state index in [1.54, 1.807) is 4.90 Å². The van der Waals surface area contributed by atoms with E-state index in [4.69, 9.17) is 0 Å². The van der Waals surface area contributed by atoms with E-state index in [9.17, 15) is 15.2 Å². The summed E-state index contributed by atoms with van der Waals surface area (Å²) < 4.78 is 0. The number of nitriles is 1. The molecule has 1 aliphatic heterocycles. The van der Waals surface area contributed by atoms with Gasteiger partial charge in [-0.3, -0.25) is 4.79 Å². The van der Waals surface area contributed by atoms with Gasteiger partial charge in [-0.25, -0.2) is 0 Å². The van der Waals surface area contributed by atoms with Crippen LogP contribution in [0.4, 0.5) is 0 Å². The first kappa shape index (κ1) is 18.9. The summed E-state index contributed by atoms with van der Waals surface area (Å²) in [6.45, 7) is -0.174. The number of aliphatic hydroxyl groups is 1. The molecule has 1 N–H and O–H groups in total. The van der Waals surface area contributed by atoms with Crippen molar-refractivity contribution in [2.24, 2.45) is 0 Å². The van der Waals surface area contributed by atoms with Crippen molar-refractivity contribution in [3.8, 4) is 17.2 Å². The molecule has 1 saturated heterocycles.